The molecule has 2 aromatic carbocycles. The minimum atomic E-state index is -4.74. The molecule has 1 aliphatic heterocycles. The van der Waals surface area contributed by atoms with Gasteiger partial charge in [0.2, 0.25) is 5.95 Å². The molecule has 4 aromatic rings. The molecule has 1 aliphatic rings. The van der Waals surface area contributed by atoms with Crippen molar-refractivity contribution in [3.05, 3.63) is 72.6 Å². The Balaban J connectivity index is 1.64. The van der Waals surface area contributed by atoms with Crippen LogP contribution in [0, 0.1) is 0 Å². The number of hydrogen-bond donors (Lipinski definition) is 2. The average Bonchev–Trinajstić information content (AvgIpc) is 3.26. The van der Waals surface area contributed by atoms with E-state index in [1.54, 1.807) is 42.5 Å². The third-order valence-corrected chi connectivity index (χ3v) is 8.29. The predicted octanol–water partition coefficient (Wildman–Crippen LogP) is 5.30. The summed E-state index contributed by atoms with van der Waals surface area (Å²) >= 11 is 0. The summed E-state index contributed by atoms with van der Waals surface area (Å²) in [5.74, 6) is 0.0530. The minimum Gasteiger partial charge on any atom is -0.350 e. The first-order valence-electron chi connectivity index (χ1n) is 11.8. The molecule has 7 nitrogen and oxygen atoms in total. The predicted molar refractivity (Wildman–Crippen MR) is 136 cm³/mol. The minimum absolute atomic E-state index is 0.0174. The van der Waals surface area contributed by atoms with Gasteiger partial charge in [0.1, 0.15) is 5.56 Å². The van der Waals surface area contributed by atoms with Crippen LogP contribution in [0.5, 0.6) is 0 Å². The summed E-state index contributed by atoms with van der Waals surface area (Å²) in [7, 11) is -4.08. The van der Waals surface area contributed by atoms with Crippen LogP contribution in [-0.2, 0) is 16.2 Å². The third-order valence-electron chi connectivity index (χ3n) is 6.61. The largest absolute Gasteiger partial charge is 0.419 e. The van der Waals surface area contributed by atoms with Gasteiger partial charge in [-0.1, -0.05) is 36.4 Å². The summed E-state index contributed by atoms with van der Waals surface area (Å²) < 4.78 is 70.1. The lowest BCUT2D eigenvalue weighted by Gasteiger charge is -2.36. The molecule has 0 amide bonds. The Morgan fingerprint density at radius 3 is 2.46 bits per heavy atom. The van der Waals surface area contributed by atoms with Gasteiger partial charge >= 0.3 is 6.18 Å². The van der Waals surface area contributed by atoms with Gasteiger partial charge in [0.05, 0.1) is 16.1 Å². The van der Waals surface area contributed by atoms with Gasteiger partial charge in [0, 0.05) is 41.5 Å². The molecule has 0 spiro atoms. The molecule has 11 heteroatoms. The van der Waals surface area contributed by atoms with Gasteiger partial charge in [-0.2, -0.15) is 13.2 Å². The van der Waals surface area contributed by atoms with Gasteiger partial charge in [0.15, 0.2) is 0 Å². The Kier molecular flexibility index (Phi) is 6.23. The molecule has 194 valence electrons. The number of benzene rings is 2. The fourth-order valence-corrected chi connectivity index (χ4v) is 5.93. The van der Waals surface area contributed by atoms with Crippen molar-refractivity contribution < 1.29 is 21.6 Å². The van der Waals surface area contributed by atoms with Crippen LogP contribution in [-0.4, -0.2) is 40.5 Å². The Labute approximate surface area is 212 Å². The Morgan fingerprint density at radius 2 is 1.78 bits per heavy atom. The van der Waals surface area contributed by atoms with Crippen molar-refractivity contribution in [1.82, 2.24) is 19.3 Å². The standard InChI is InChI=1S/C26H26F3N5O2S/c1-25(2)13-12-17(14-31-25)32-24-30-15-21(26(27,28)29)23(33-24)20-16-34(22-11-7-6-10-19(20)22)37(35,36)18-8-4-3-5-9-18/h3-11,15-17,31H,12-14H2,1-2H3,(H,30,32,33). The number of nitrogens with one attached hydrogen (secondary N) is 2. The number of halogens is 3. The maximum Gasteiger partial charge on any atom is 0.419 e. The maximum absolute atomic E-state index is 14.1. The van der Waals surface area contributed by atoms with E-state index in [0.29, 0.717) is 11.9 Å². The third kappa shape index (κ3) is 4.93. The molecule has 1 atom stereocenters. The first-order chi connectivity index (χ1) is 17.5. The highest BCUT2D eigenvalue weighted by Crippen LogP contribution is 2.40. The molecular formula is C26H26F3N5O2S. The lowest BCUT2D eigenvalue weighted by molar-refractivity contribution is -0.137. The SMILES string of the molecule is CC1(C)CCC(Nc2ncc(C(F)(F)F)c(-c3cn(S(=O)(=O)c4ccccc4)c4ccccc34)n2)CN1. The molecule has 2 aromatic heterocycles. The second-order valence-corrected chi connectivity index (χ2v) is 11.6. The zero-order valence-corrected chi connectivity index (χ0v) is 21.1. The number of aromatic nitrogens is 3. The highest BCUT2D eigenvalue weighted by molar-refractivity contribution is 7.90. The second kappa shape index (κ2) is 9.14. The molecule has 0 aliphatic carbocycles. The molecule has 0 radical (unpaired) electrons. The van der Waals surface area contributed by atoms with Gasteiger partial charge in [-0.25, -0.2) is 22.4 Å². The Morgan fingerprint density at radius 1 is 1.08 bits per heavy atom. The van der Waals surface area contributed by atoms with Gasteiger partial charge in [-0.15, -0.1) is 0 Å². The van der Waals surface area contributed by atoms with Crippen LogP contribution in [0.1, 0.15) is 32.3 Å². The van der Waals surface area contributed by atoms with Gasteiger partial charge in [-0.3, -0.25) is 0 Å². The van der Waals surface area contributed by atoms with Crippen molar-refractivity contribution in [3.63, 3.8) is 0 Å². The van der Waals surface area contributed by atoms with Crippen LogP contribution < -0.4 is 10.6 Å². The smallest absolute Gasteiger partial charge is 0.350 e. The average molecular weight is 530 g/mol. The quantitative estimate of drug-likeness (QED) is 0.365. The molecule has 1 saturated heterocycles. The van der Waals surface area contributed by atoms with E-state index in [1.807, 2.05) is 0 Å². The summed E-state index contributed by atoms with van der Waals surface area (Å²) in [6.45, 7) is 4.80. The normalized spacial score (nSPS) is 18.1. The van der Waals surface area contributed by atoms with Crippen molar-refractivity contribution in [2.45, 2.75) is 49.3 Å². The monoisotopic (exact) mass is 529 g/mol. The second-order valence-electron chi connectivity index (χ2n) is 9.77. The van der Waals surface area contributed by atoms with Crippen LogP contribution in [0.25, 0.3) is 22.2 Å². The number of hydrogen-bond acceptors (Lipinski definition) is 6. The lowest BCUT2D eigenvalue weighted by atomic mass is 9.91. The molecule has 1 fully saturated rings. The highest BCUT2D eigenvalue weighted by atomic mass is 32.2. The number of fused-ring (bicyclic) bond motifs is 1. The Hall–Kier alpha value is -3.44. The van der Waals surface area contributed by atoms with E-state index in [4.69, 9.17) is 0 Å². The fourth-order valence-electron chi connectivity index (χ4n) is 4.54. The van der Waals surface area contributed by atoms with Crippen LogP contribution >= 0.6 is 0 Å². The van der Waals surface area contributed by atoms with Crippen LogP contribution in [0.15, 0.2) is 71.9 Å². The van der Waals surface area contributed by atoms with Crippen molar-refractivity contribution in [3.8, 4) is 11.3 Å². The summed E-state index contributed by atoms with van der Waals surface area (Å²) in [4.78, 5) is 8.25. The highest BCUT2D eigenvalue weighted by Gasteiger charge is 2.37. The van der Waals surface area contributed by atoms with Gasteiger partial charge in [0.25, 0.3) is 10.0 Å². The van der Waals surface area contributed by atoms with Crippen molar-refractivity contribution in [2.75, 3.05) is 11.9 Å². The summed E-state index contributed by atoms with van der Waals surface area (Å²) in [5.41, 5.74) is -1.14. The molecule has 0 bridgehead atoms. The number of anilines is 1. The van der Waals surface area contributed by atoms with Crippen molar-refractivity contribution in [1.29, 1.82) is 0 Å². The molecule has 0 saturated carbocycles. The maximum atomic E-state index is 14.1. The van der Waals surface area contributed by atoms with E-state index >= 15 is 0 Å². The molecule has 2 N–H and O–H groups in total. The molecule has 1 unspecified atom stereocenters. The van der Waals surface area contributed by atoms with Gasteiger partial charge in [-0.05, 0) is 44.9 Å². The molecule has 37 heavy (non-hydrogen) atoms. The topological polar surface area (TPSA) is 88.9 Å². The van der Waals surface area contributed by atoms with E-state index in [-0.39, 0.29) is 39.2 Å². The number of rotatable bonds is 5. The molecule has 3 heterocycles. The zero-order valence-electron chi connectivity index (χ0n) is 20.2. The molecular weight excluding hydrogens is 503 g/mol. The van der Waals surface area contributed by atoms with E-state index in [1.165, 1.54) is 18.3 Å². The zero-order chi connectivity index (χ0) is 26.4. The summed E-state index contributed by atoms with van der Waals surface area (Å²) in [5, 5.41) is 6.88. The van der Waals surface area contributed by atoms with E-state index in [0.717, 1.165) is 23.0 Å². The number of nitrogens with zero attached hydrogens (tertiary/aromatic N) is 3. The van der Waals surface area contributed by atoms with Crippen molar-refractivity contribution >= 4 is 26.9 Å². The van der Waals surface area contributed by atoms with Crippen molar-refractivity contribution in [2.24, 2.45) is 0 Å². The van der Waals surface area contributed by atoms with Crippen LogP contribution in [0.3, 0.4) is 0 Å². The fraction of sp³-hybridized carbons (Fsp3) is 0.308. The van der Waals surface area contributed by atoms with E-state index in [9.17, 15) is 21.6 Å². The number of alkyl halides is 3. The number of piperidine rings is 1. The van der Waals surface area contributed by atoms with Crippen LogP contribution in [0.4, 0.5) is 19.1 Å². The lowest BCUT2D eigenvalue weighted by Crippen LogP contribution is -2.50. The first-order valence-corrected chi connectivity index (χ1v) is 13.3. The first kappa shape index (κ1) is 25.2. The molecule has 5 rings (SSSR count). The van der Waals surface area contributed by atoms with Gasteiger partial charge < -0.3 is 10.6 Å². The van der Waals surface area contributed by atoms with E-state index < -0.39 is 21.8 Å². The van der Waals surface area contributed by atoms with E-state index in [2.05, 4.69) is 34.4 Å². The Bertz CT molecular complexity index is 1540. The summed E-state index contributed by atoms with van der Waals surface area (Å²) in [6.07, 6.45) is -1.11. The summed E-state index contributed by atoms with van der Waals surface area (Å²) in [6, 6.07) is 14.1. The number of para-hydroxylation sites is 1. The van der Waals surface area contributed by atoms with Crippen LogP contribution in [0.2, 0.25) is 0 Å².